The van der Waals surface area contributed by atoms with E-state index in [2.05, 4.69) is 10.2 Å². The number of aliphatic hydroxyl groups is 1. The van der Waals surface area contributed by atoms with Crippen LogP contribution in [0.4, 0.5) is 5.13 Å². The maximum absolute atomic E-state index is 8.55. The standard InChI is InChI=1S/C5H9N3OS/c1-8(2-3-9)5-7-6-4-10-5/h4,9H,2-3H2,1H3. The Morgan fingerprint density at radius 2 is 2.60 bits per heavy atom. The van der Waals surface area contributed by atoms with E-state index >= 15 is 0 Å². The minimum atomic E-state index is 0.149. The molecule has 0 saturated carbocycles. The van der Waals surface area contributed by atoms with E-state index in [-0.39, 0.29) is 6.61 Å². The van der Waals surface area contributed by atoms with Crippen LogP contribution in [0.3, 0.4) is 0 Å². The fourth-order valence-corrected chi connectivity index (χ4v) is 1.13. The van der Waals surface area contributed by atoms with Crippen LogP contribution >= 0.6 is 11.3 Å². The molecule has 1 N–H and O–H groups in total. The summed E-state index contributed by atoms with van der Waals surface area (Å²) in [6.45, 7) is 0.755. The summed E-state index contributed by atoms with van der Waals surface area (Å²) in [5, 5.41) is 16.9. The predicted molar refractivity (Wildman–Crippen MR) is 40.3 cm³/mol. The van der Waals surface area contributed by atoms with Gasteiger partial charge in [-0.2, -0.15) is 0 Å². The Labute approximate surface area is 63.1 Å². The summed E-state index contributed by atoms with van der Waals surface area (Å²) in [6.07, 6.45) is 0. The van der Waals surface area contributed by atoms with E-state index < -0.39 is 0 Å². The van der Waals surface area contributed by atoms with Crippen molar-refractivity contribution >= 4 is 16.5 Å². The molecular formula is C5H9N3OS. The molecule has 0 aliphatic carbocycles. The number of likely N-dealkylation sites (N-methyl/N-ethyl adjacent to an activating group) is 1. The monoisotopic (exact) mass is 159 g/mol. The Hall–Kier alpha value is -0.680. The van der Waals surface area contributed by atoms with E-state index in [0.717, 1.165) is 5.13 Å². The van der Waals surface area contributed by atoms with E-state index in [4.69, 9.17) is 5.11 Å². The van der Waals surface area contributed by atoms with Gasteiger partial charge in [-0.05, 0) is 0 Å². The molecule has 0 atom stereocenters. The van der Waals surface area contributed by atoms with Gasteiger partial charge in [-0.25, -0.2) is 0 Å². The molecule has 0 aliphatic heterocycles. The molecule has 56 valence electrons. The summed E-state index contributed by atoms with van der Waals surface area (Å²) in [5.74, 6) is 0. The summed E-state index contributed by atoms with van der Waals surface area (Å²) in [4.78, 5) is 1.86. The molecule has 0 bridgehead atoms. The predicted octanol–water partition coefficient (Wildman–Crippen LogP) is -0.0334. The molecule has 0 radical (unpaired) electrons. The lowest BCUT2D eigenvalue weighted by Crippen LogP contribution is -2.20. The van der Waals surface area contributed by atoms with Crippen molar-refractivity contribution < 1.29 is 5.11 Å². The zero-order chi connectivity index (χ0) is 7.40. The molecule has 5 heteroatoms. The Kier molecular flexibility index (Phi) is 2.58. The van der Waals surface area contributed by atoms with E-state index in [1.165, 1.54) is 11.3 Å². The molecule has 0 saturated heterocycles. The third-order valence-electron chi connectivity index (χ3n) is 1.11. The largest absolute Gasteiger partial charge is 0.395 e. The van der Waals surface area contributed by atoms with E-state index in [0.29, 0.717) is 6.54 Å². The third-order valence-corrected chi connectivity index (χ3v) is 1.91. The van der Waals surface area contributed by atoms with Crippen LogP contribution in [0.2, 0.25) is 0 Å². The number of aliphatic hydroxyl groups excluding tert-OH is 1. The highest BCUT2D eigenvalue weighted by Gasteiger charge is 2.01. The van der Waals surface area contributed by atoms with Crippen molar-refractivity contribution in [2.45, 2.75) is 0 Å². The van der Waals surface area contributed by atoms with Crippen LogP contribution in [-0.4, -0.2) is 35.5 Å². The van der Waals surface area contributed by atoms with Gasteiger partial charge in [-0.3, -0.25) is 0 Å². The smallest absolute Gasteiger partial charge is 0.207 e. The molecule has 0 fully saturated rings. The molecule has 0 aromatic carbocycles. The third kappa shape index (κ3) is 1.65. The van der Waals surface area contributed by atoms with Gasteiger partial charge in [0.2, 0.25) is 5.13 Å². The molecule has 0 spiro atoms. The first-order valence-electron chi connectivity index (χ1n) is 2.92. The Balaban J connectivity index is 2.50. The Morgan fingerprint density at radius 3 is 3.10 bits per heavy atom. The molecule has 4 nitrogen and oxygen atoms in total. The van der Waals surface area contributed by atoms with Crippen molar-refractivity contribution in [1.29, 1.82) is 0 Å². The summed E-state index contributed by atoms with van der Waals surface area (Å²) >= 11 is 1.46. The van der Waals surface area contributed by atoms with Gasteiger partial charge in [-0.15, -0.1) is 10.2 Å². The minimum absolute atomic E-state index is 0.149. The van der Waals surface area contributed by atoms with Crippen molar-refractivity contribution in [3.8, 4) is 0 Å². The second kappa shape index (κ2) is 3.48. The molecule has 0 aliphatic rings. The van der Waals surface area contributed by atoms with Crippen LogP contribution in [0.5, 0.6) is 0 Å². The van der Waals surface area contributed by atoms with E-state index in [9.17, 15) is 0 Å². The van der Waals surface area contributed by atoms with Gasteiger partial charge < -0.3 is 10.0 Å². The van der Waals surface area contributed by atoms with Gasteiger partial charge in [0.25, 0.3) is 0 Å². The normalized spacial score (nSPS) is 9.80. The van der Waals surface area contributed by atoms with E-state index in [1.54, 1.807) is 5.51 Å². The first-order valence-corrected chi connectivity index (χ1v) is 3.80. The quantitative estimate of drug-likeness (QED) is 0.672. The first-order chi connectivity index (χ1) is 4.84. The second-order valence-electron chi connectivity index (χ2n) is 1.87. The molecule has 10 heavy (non-hydrogen) atoms. The highest BCUT2D eigenvalue weighted by atomic mass is 32.1. The summed E-state index contributed by atoms with van der Waals surface area (Å²) in [6, 6.07) is 0. The van der Waals surface area contributed by atoms with Gasteiger partial charge >= 0.3 is 0 Å². The maximum atomic E-state index is 8.55. The highest BCUT2D eigenvalue weighted by molar-refractivity contribution is 7.13. The molecule has 1 aromatic rings. The van der Waals surface area contributed by atoms with E-state index in [1.807, 2.05) is 11.9 Å². The fraction of sp³-hybridized carbons (Fsp3) is 0.600. The van der Waals surface area contributed by atoms with Crippen LogP contribution in [0.15, 0.2) is 5.51 Å². The number of hydrogen-bond donors (Lipinski definition) is 1. The summed E-state index contributed by atoms with van der Waals surface area (Å²) < 4.78 is 0. The van der Waals surface area contributed by atoms with Crippen LogP contribution in [0.1, 0.15) is 0 Å². The molecule has 1 rings (SSSR count). The van der Waals surface area contributed by atoms with Gasteiger partial charge in [-0.1, -0.05) is 11.3 Å². The summed E-state index contributed by atoms with van der Waals surface area (Å²) in [5.41, 5.74) is 1.67. The zero-order valence-electron chi connectivity index (χ0n) is 5.69. The van der Waals surface area contributed by atoms with Crippen LogP contribution in [0, 0.1) is 0 Å². The average molecular weight is 159 g/mol. The van der Waals surface area contributed by atoms with Gasteiger partial charge in [0.05, 0.1) is 6.61 Å². The first kappa shape index (κ1) is 7.43. The highest BCUT2D eigenvalue weighted by Crippen LogP contribution is 2.12. The Bertz CT molecular complexity index is 177. The summed E-state index contributed by atoms with van der Waals surface area (Å²) in [7, 11) is 1.87. The number of anilines is 1. The topological polar surface area (TPSA) is 49.2 Å². The lowest BCUT2D eigenvalue weighted by Gasteiger charge is -2.11. The van der Waals surface area contributed by atoms with Gasteiger partial charge in [0, 0.05) is 13.6 Å². The average Bonchev–Trinajstić information content (AvgIpc) is 2.38. The van der Waals surface area contributed by atoms with Gasteiger partial charge in [0.1, 0.15) is 5.51 Å². The van der Waals surface area contributed by atoms with Crippen molar-refractivity contribution in [3.63, 3.8) is 0 Å². The molecule has 1 aromatic heterocycles. The van der Waals surface area contributed by atoms with Crippen molar-refractivity contribution in [2.24, 2.45) is 0 Å². The molecule has 0 unspecified atom stereocenters. The minimum Gasteiger partial charge on any atom is -0.395 e. The Morgan fingerprint density at radius 1 is 1.80 bits per heavy atom. The molecule has 1 heterocycles. The molecule has 0 amide bonds. The van der Waals surface area contributed by atoms with Crippen LogP contribution in [-0.2, 0) is 0 Å². The van der Waals surface area contributed by atoms with Crippen LogP contribution < -0.4 is 4.90 Å². The van der Waals surface area contributed by atoms with Crippen molar-refractivity contribution in [2.75, 3.05) is 25.1 Å². The van der Waals surface area contributed by atoms with Crippen molar-refractivity contribution in [3.05, 3.63) is 5.51 Å². The van der Waals surface area contributed by atoms with Gasteiger partial charge in [0.15, 0.2) is 0 Å². The van der Waals surface area contributed by atoms with Crippen molar-refractivity contribution in [1.82, 2.24) is 10.2 Å². The maximum Gasteiger partial charge on any atom is 0.207 e. The second-order valence-corrected chi connectivity index (χ2v) is 2.68. The fourth-order valence-electron chi connectivity index (χ4n) is 0.579. The lowest BCUT2D eigenvalue weighted by molar-refractivity contribution is 0.304. The number of hydrogen-bond acceptors (Lipinski definition) is 5. The number of nitrogens with zero attached hydrogens (tertiary/aromatic N) is 3. The number of rotatable bonds is 3. The molecular weight excluding hydrogens is 150 g/mol. The SMILES string of the molecule is CN(CCO)c1nncs1. The van der Waals surface area contributed by atoms with Crippen LogP contribution in [0.25, 0.3) is 0 Å². The lowest BCUT2D eigenvalue weighted by atomic mass is 10.6. The number of aromatic nitrogens is 2. The zero-order valence-corrected chi connectivity index (χ0v) is 6.51.